The highest BCUT2D eigenvalue weighted by molar-refractivity contribution is 5.72. The molecule has 0 heterocycles. The Kier molecular flexibility index (Phi) is 7.41. The molecule has 0 saturated carbocycles. The number of esters is 1. The molecular weight excluding hydrogens is 248 g/mol. The van der Waals surface area contributed by atoms with Crippen LogP contribution in [-0.4, -0.2) is 12.1 Å². The summed E-state index contributed by atoms with van der Waals surface area (Å²) in [7, 11) is 0. The molecule has 108 valence electrons. The Hall–Kier alpha value is -1.83. The van der Waals surface area contributed by atoms with Crippen molar-refractivity contribution >= 4 is 5.97 Å². The fourth-order valence-electron chi connectivity index (χ4n) is 1.77. The van der Waals surface area contributed by atoms with E-state index in [0.717, 1.165) is 18.4 Å². The summed E-state index contributed by atoms with van der Waals surface area (Å²) in [5, 5.41) is 0. The quantitative estimate of drug-likeness (QED) is 0.520. The largest absolute Gasteiger partial charge is 0.462 e. The van der Waals surface area contributed by atoms with Gasteiger partial charge >= 0.3 is 5.97 Å². The van der Waals surface area contributed by atoms with Crippen LogP contribution in [0.4, 0.5) is 0 Å². The first kappa shape index (κ1) is 16.2. The van der Waals surface area contributed by atoms with Gasteiger partial charge in [-0.15, -0.1) is 6.58 Å². The number of carbonyl (C=O) groups excluding carboxylic acids is 1. The maximum Gasteiger partial charge on any atom is 0.310 e. The number of rotatable bonds is 8. The van der Waals surface area contributed by atoms with Gasteiger partial charge in [-0.3, -0.25) is 4.79 Å². The molecule has 2 atom stereocenters. The Morgan fingerprint density at radius 2 is 1.85 bits per heavy atom. The van der Waals surface area contributed by atoms with E-state index in [-0.39, 0.29) is 12.1 Å². The fourth-order valence-corrected chi connectivity index (χ4v) is 1.77. The van der Waals surface area contributed by atoms with Crippen LogP contribution in [0.2, 0.25) is 0 Å². The van der Waals surface area contributed by atoms with Gasteiger partial charge < -0.3 is 4.74 Å². The minimum atomic E-state index is -0.170. The first-order chi connectivity index (χ1) is 9.61. The van der Waals surface area contributed by atoms with Crippen molar-refractivity contribution in [2.24, 2.45) is 5.92 Å². The summed E-state index contributed by atoms with van der Waals surface area (Å²) < 4.78 is 5.38. The maximum absolute atomic E-state index is 11.8. The summed E-state index contributed by atoms with van der Waals surface area (Å²) in [6, 6.07) is 9.66. The highest BCUT2D eigenvalue weighted by atomic mass is 16.5. The summed E-state index contributed by atoms with van der Waals surface area (Å²) in [6.45, 7) is 7.80. The Balaban J connectivity index is 2.26. The molecule has 0 radical (unpaired) electrons. The number of allylic oxidation sites excluding steroid dienone is 2. The highest BCUT2D eigenvalue weighted by Gasteiger charge is 2.08. The van der Waals surface area contributed by atoms with Crippen molar-refractivity contribution in [3.8, 4) is 0 Å². The van der Waals surface area contributed by atoms with Crippen LogP contribution in [-0.2, 0) is 16.0 Å². The van der Waals surface area contributed by atoms with Crippen molar-refractivity contribution in [1.82, 2.24) is 0 Å². The van der Waals surface area contributed by atoms with E-state index >= 15 is 0 Å². The Morgan fingerprint density at radius 1 is 1.20 bits per heavy atom. The molecule has 0 fully saturated rings. The number of benzene rings is 1. The zero-order valence-corrected chi connectivity index (χ0v) is 12.4. The third-order valence-corrected chi connectivity index (χ3v) is 3.07. The van der Waals surface area contributed by atoms with Crippen LogP contribution in [0.3, 0.4) is 0 Å². The molecular formula is C18H24O2. The van der Waals surface area contributed by atoms with Crippen LogP contribution in [0.15, 0.2) is 55.1 Å². The molecule has 0 aliphatic heterocycles. The normalized spacial score (nSPS) is 13.9. The third-order valence-electron chi connectivity index (χ3n) is 3.07. The second-order valence-electron chi connectivity index (χ2n) is 5.12. The van der Waals surface area contributed by atoms with Crippen LogP contribution in [0.1, 0.15) is 32.3 Å². The van der Waals surface area contributed by atoms with Crippen molar-refractivity contribution in [2.75, 3.05) is 0 Å². The lowest BCUT2D eigenvalue weighted by molar-refractivity contribution is -0.147. The van der Waals surface area contributed by atoms with Crippen molar-refractivity contribution < 1.29 is 9.53 Å². The van der Waals surface area contributed by atoms with Gasteiger partial charge in [-0.25, -0.2) is 0 Å². The zero-order valence-electron chi connectivity index (χ0n) is 12.4. The van der Waals surface area contributed by atoms with Crippen molar-refractivity contribution in [3.63, 3.8) is 0 Å². The predicted octanol–water partition coefficient (Wildman–Crippen LogP) is 4.32. The maximum atomic E-state index is 11.8. The van der Waals surface area contributed by atoms with Crippen molar-refractivity contribution in [3.05, 3.63) is 60.7 Å². The van der Waals surface area contributed by atoms with Gasteiger partial charge in [0, 0.05) is 6.42 Å². The summed E-state index contributed by atoms with van der Waals surface area (Å²) >= 11 is 0. The van der Waals surface area contributed by atoms with Crippen LogP contribution in [0.25, 0.3) is 0 Å². The van der Waals surface area contributed by atoms with Gasteiger partial charge in [-0.05, 0) is 24.8 Å². The molecule has 0 aliphatic carbocycles. The van der Waals surface area contributed by atoms with Crippen LogP contribution in [0, 0.1) is 5.92 Å². The van der Waals surface area contributed by atoms with Gasteiger partial charge in [0.05, 0.1) is 6.42 Å². The van der Waals surface area contributed by atoms with Gasteiger partial charge in [-0.1, -0.05) is 55.5 Å². The Labute approximate surface area is 122 Å². The molecule has 1 aromatic carbocycles. The van der Waals surface area contributed by atoms with E-state index in [4.69, 9.17) is 4.74 Å². The van der Waals surface area contributed by atoms with Gasteiger partial charge in [-0.2, -0.15) is 0 Å². The topological polar surface area (TPSA) is 26.3 Å². The van der Waals surface area contributed by atoms with Gasteiger partial charge in [0.25, 0.3) is 0 Å². The molecule has 0 saturated heterocycles. The van der Waals surface area contributed by atoms with Gasteiger partial charge in [0.15, 0.2) is 0 Å². The van der Waals surface area contributed by atoms with E-state index in [1.165, 1.54) is 0 Å². The average Bonchev–Trinajstić information content (AvgIpc) is 2.44. The van der Waals surface area contributed by atoms with E-state index in [0.29, 0.717) is 12.3 Å². The molecule has 0 amide bonds. The second kappa shape index (κ2) is 9.13. The molecule has 2 nitrogen and oxygen atoms in total. The molecule has 0 spiro atoms. The molecule has 20 heavy (non-hydrogen) atoms. The lowest BCUT2D eigenvalue weighted by Crippen LogP contribution is -2.16. The molecule has 0 N–H and O–H groups in total. The summed E-state index contributed by atoms with van der Waals surface area (Å²) in [5.41, 5.74) is 0.986. The monoisotopic (exact) mass is 272 g/mol. The van der Waals surface area contributed by atoms with E-state index in [1.807, 2.05) is 43.3 Å². The number of hydrogen-bond acceptors (Lipinski definition) is 2. The fraction of sp³-hybridized carbons (Fsp3) is 0.389. The number of ether oxygens (including phenoxy) is 1. The molecule has 1 rings (SSSR count). The first-order valence-electron chi connectivity index (χ1n) is 7.12. The SMILES string of the molecule is C=CC(C)C/C=C/CC(C)OC(=O)Cc1ccccc1. The first-order valence-corrected chi connectivity index (χ1v) is 7.12. The van der Waals surface area contributed by atoms with Gasteiger partial charge in [0.2, 0.25) is 0 Å². The average molecular weight is 272 g/mol. The zero-order chi connectivity index (χ0) is 14.8. The van der Waals surface area contributed by atoms with E-state index in [9.17, 15) is 4.79 Å². The lowest BCUT2D eigenvalue weighted by Gasteiger charge is -2.11. The highest BCUT2D eigenvalue weighted by Crippen LogP contribution is 2.07. The second-order valence-corrected chi connectivity index (χ2v) is 5.12. The molecule has 0 aromatic heterocycles. The molecule has 0 bridgehead atoms. The summed E-state index contributed by atoms with van der Waals surface area (Å²) in [6.07, 6.45) is 8.12. The molecule has 0 aliphatic rings. The molecule has 1 aromatic rings. The van der Waals surface area contributed by atoms with Crippen LogP contribution < -0.4 is 0 Å². The summed E-state index contributed by atoms with van der Waals surface area (Å²) in [5.74, 6) is 0.318. The van der Waals surface area contributed by atoms with Crippen LogP contribution in [0.5, 0.6) is 0 Å². The van der Waals surface area contributed by atoms with E-state index in [2.05, 4.69) is 25.7 Å². The Bertz CT molecular complexity index is 434. The summed E-state index contributed by atoms with van der Waals surface area (Å²) in [4.78, 5) is 11.8. The third kappa shape index (κ3) is 6.93. The number of carbonyl (C=O) groups is 1. The minimum Gasteiger partial charge on any atom is -0.462 e. The van der Waals surface area contributed by atoms with Crippen molar-refractivity contribution in [1.29, 1.82) is 0 Å². The molecule has 2 unspecified atom stereocenters. The molecule has 2 heteroatoms. The Morgan fingerprint density at radius 3 is 2.50 bits per heavy atom. The van der Waals surface area contributed by atoms with E-state index in [1.54, 1.807) is 0 Å². The smallest absolute Gasteiger partial charge is 0.310 e. The predicted molar refractivity (Wildman–Crippen MR) is 83.4 cm³/mol. The number of hydrogen-bond donors (Lipinski definition) is 0. The lowest BCUT2D eigenvalue weighted by atomic mass is 10.1. The standard InChI is InChI=1S/C18H24O2/c1-4-15(2)10-8-9-11-16(3)20-18(19)14-17-12-6-5-7-13-17/h4-9,12-13,15-16H,1,10-11,14H2,2-3H3/b9-8+. The van der Waals surface area contributed by atoms with Gasteiger partial charge in [0.1, 0.15) is 6.10 Å². The van der Waals surface area contributed by atoms with Crippen molar-refractivity contribution in [2.45, 2.75) is 39.2 Å². The minimum absolute atomic E-state index is 0.0819. The van der Waals surface area contributed by atoms with E-state index < -0.39 is 0 Å². The van der Waals surface area contributed by atoms with Crippen LogP contribution >= 0.6 is 0 Å².